The van der Waals surface area contributed by atoms with Crippen molar-refractivity contribution >= 4 is 17.0 Å². The molecule has 3 heterocycles. The maximum atomic E-state index is 14.4. The zero-order valence-corrected chi connectivity index (χ0v) is 14.2. The van der Waals surface area contributed by atoms with Crippen LogP contribution < -0.4 is 9.80 Å². The van der Waals surface area contributed by atoms with Gasteiger partial charge >= 0.3 is 0 Å². The topological polar surface area (TPSA) is 44.0 Å². The van der Waals surface area contributed by atoms with Gasteiger partial charge in [0.2, 0.25) is 0 Å². The van der Waals surface area contributed by atoms with Gasteiger partial charge in [-0.25, -0.2) is 9.37 Å². The predicted molar refractivity (Wildman–Crippen MR) is 96.7 cm³/mol. The van der Waals surface area contributed by atoms with E-state index in [1.165, 1.54) is 0 Å². The molecule has 0 spiro atoms. The summed E-state index contributed by atoms with van der Waals surface area (Å²) in [5, 5.41) is 9.25. The summed E-state index contributed by atoms with van der Waals surface area (Å²) < 4.78 is 16.5. The molecule has 0 bridgehead atoms. The lowest BCUT2D eigenvalue weighted by molar-refractivity contribution is 0.276. The molecule has 3 aromatic rings. The minimum absolute atomic E-state index is 0.274. The van der Waals surface area contributed by atoms with E-state index in [0.717, 1.165) is 43.2 Å². The van der Waals surface area contributed by atoms with Crippen LogP contribution in [-0.4, -0.2) is 40.7 Å². The van der Waals surface area contributed by atoms with Crippen LogP contribution in [0.3, 0.4) is 0 Å². The molecule has 1 saturated heterocycles. The van der Waals surface area contributed by atoms with Gasteiger partial charge in [-0.3, -0.25) is 0 Å². The van der Waals surface area contributed by atoms with Gasteiger partial charge in [0.25, 0.3) is 0 Å². The summed E-state index contributed by atoms with van der Waals surface area (Å²) in [5.74, 6) is -0.311. The highest BCUT2D eigenvalue weighted by atomic mass is 19.1. The van der Waals surface area contributed by atoms with E-state index in [1.807, 2.05) is 28.5 Å². The SMILES string of the molecule is Cc1cn2cc(N3CCN(c4cccc(CO)c4F)CC3)ccc2n1. The van der Waals surface area contributed by atoms with Gasteiger partial charge in [0.1, 0.15) is 5.65 Å². The molecule has 4 rings (SSSR count). The minimum Gasteiger partial charge on any atom is -0.392 e. The number of fused-ring (bicyclic) bond motifs is 1. The highest BCUT2D eigenvalue weighted by Gasteiger charge is 2.21. The quantitative estimate of drug-likeness (QED) is 0.796. The molecule has 0 atom stereocenters. The van der Waals surface area contributed by atoms with Gasteiger partial charge in [-0.2, -0.15) is 0 Å². The largest absolute Gasteiger partial charge is 0.392 e. The van der Waals surface area contributed by atoms with Crippen LogP contribution in [0.25, 0.3) is 5.65 Å². The summed E-state index contributed by atoms with van der Waals surface area (Å²) in [6, 6.07) is 9.32. The highest BCUT2D eigenvalue weighted by molar-refractivity contribution is 5.55. The maximum Gasteiger partial charge on any atom is 0.151 e. The first-order valence-electron chi connectivity index (χ1n) is 8.49. The molecule has 0 saturated carbocycles. The lowest BCUT2D eigenvalue weighted by atomic mass is 10.1. The second-order valence-electron chi connectivity index (χ2n) is 6.42. The molecule has 1 aliphatic heterocycles. The van der Waals surface area contributed by atoms with E-state index in [-0.39, 0.29) is 12.4 Å². The van der Waals surface area contributed by atoms with Gasteiger partial charge in [0.05, 0.1) is 23.7 Å². The monoisotopic (exact) mass is 340 g/mol. The highest BCUT2D eigenvalue weighted by Crippen LogP contribution is 2.25. The fourth-order valence-corrected chi connectivity index (χ4v) is 3.43. The fourth-order valence-electron chi connectivity index (χ4n) is 3.43. The van der Waals surface area contributed by atoms with Gasteiger partial charge in [0.15, 0.2) is 5.82 Å². The zero-order valence-electron chi connectivity index (χ0n) is 14.2. The Labute approximate surface area is 145 Å². The van der Waals surface area contributed by atoms with Gasteiger partial charge in [-0.05, 0) is 25.1 Å². The predicted octanol–water partition coefficient (Wildman–Crippen LogP) is 2.60. The molecule has 25 heavy (non-hydrogen) atoms. The molecule has 6 heteroatoms. The standard InChI is InChI=1S/C19H21FN4O/c1-14-11-24-12-16(5-6-18(24)21-14)22-7-9-23(10-8-22)17-4-2-3-15(13-25)19(17)20/h2-6,11-12,25H,7-10,13H2,1H3. The Morgan fingerprint density at radius 3 is 2.56 bits per heavy atom. The number of piperazine rings is 1. The molecule has 5 nitrogen and oxygen atoms in total. The van der Waals surface area contributed by atoms with Gasteiger partial charge < -0.3 is 19.3 Å². The number of anilines is 2. The van der Waals surface area contributed by atoms with Crippen molar-refractivity contribution in [2.45, 2.75) is 13.5 Å². The number of rotatable bonds is 3. The van der Waals surface area contributed by atoms with Crippen molar-refractivity contribution in [3.8, 4) is 0 Å². The summed E-state index contributed by atoms with van der Waals surface area (Å²) in [6.07, 6.45) is 4.11. The van der Waals surface area contributed by atoms with E-state index in [0.29, 0.717) is 11.3 Å². The molecule has 0 radical (unpaired) electrons. The van der Waals surface area contributed by atoms with Crippen LogP contribution in [-0.2, 0) is 6.61 Å². The first kappa shape index (κ1) is 15.9. The first-order chi connectivity index (χ1) is 12.2. The van der Waals surface area contributed by atoms with Gasteiger partial charge in [-0.15, -0.1) is 0 Å². The average molecular weight is 340 g/mol. The van der Waals surface area contributed by atoms with E-state index < -0.39 is 0 Å². The molecule has 1 fully saturated rings. The second-order valence-corrected chi connectivity index (χ2v) is 6.42. The van der Waals surface area contributed by atoms with E-state index in [2.05, 4.69) is 22.1 Å². The summed E-state index contributed by atoms with van der Waals surface area (Å²) in [7, 11) is 0. The Morgan fingerprint density at radius 2 is 1.80 bits per heavy atom. The molecule has 0 aliphatic carbocycles. The number of aliphatic hydroxyl groups excluding tert-OH is 1. The number of aryl methyl sites for hydroxylation is 1. The van der Waals surface area contributed by atoms with E-state index in [9.17, 15) is 9.50 Å². The van der Waals surface area contributed by atoms with Crippen molar-refractivity contribution in [3.05, 3.63) is 59.8 Å². The number of imidazole rings is 1. The van der Waals surface area contributed by atoms with Crippen LogP contribution in [0.5, 0.6) is 0 Å². The van der Waals surface area contributed by atoms with Crippen molar-refractivity contribution in [2.75, 3.05) is 36.0 Å². The Bertz CT molecular complexity index is 900. The zero-order chi connectivity index (χ0) is 17.4. The van der Waals surface area contributed by atoms with Crippen molar-refractivity contribution in [3.63, 3.8) is 0 Å². The second kappa shape index (κ2) is 6.37. The first-order valence-corrected chi connectivity index (χ1v) is 8.49. The van der Waals surface area contributed by atoms with Crippen molar-refractivity contribution < 1.29 is 9.50 Å². The van der Waals surface area contributed by atoms with E-state index in [1.54, 1.807) is 18.2 Å². The molecule has 0 amide bonds. The van der Waals surface area contributed by atoms with Crippen LogP contribution >= 0.6 is 0 Å². The lowest BCUT2D eigenvalue weighted by Gasteiger charge is -2.37. The van der Waals surface area contributed by atoms with Crippen LogP contribution in [0, 0.1) is 12.7 Å². The van der Waals surface area contributed by atoms with Crippen molar-refractivity contribution in [2.24, 2.45) is 0 Å². The number of hydrogen-bond acceptors (Lipinski definition) is 4. The number of aromatic nitrogens is 2. The normalized spacial score (nSPS) is 15.2. The van der Waals surface area contributed by atoms with E-state index in [4.69, 9.17) is 0 Å². The maximum absolute atomic E-state index is 14.4. The number of halogens is 1. The van der Waals surface area contributed by atoms with Crippen molar-refractivity contribution in [1.29, 1.82) is 0 Å². The Balaban J connectivity index is 1.50. The van der Waals surface area contributed by atoms with Crippen LogP contribution in [0.15, 0.2) is 42.7 Å². The van der Waals surface area contributed by atoms with Crippen molar-refractivity contribution in [1.82, 2.24) is 9.38 Å². The number of pyridine rings is 1. The Hall–Kier alpha value is -2.60. The average Bonchev–Trinajstić information content (AvgIpc) is 3.01. The summed E-state index contributed by atoms with van der Waals surface area (Å²) in [6.45, 7) is 4.84. The number of benzene rings is 1. The molecule has 1 aliphatic rings. The fraction of sp³-hybridized carbons (Fsp3) is 0.316. The summed E-state index contributed by atoms with van der Waals surface area (Å²) in [4.78, 5) is 8.80. The summed E-state index contributed by atoms with van der Waals surface area (Å²) in [5.41, 5.74) is 4.02. The molecule has 2 aromatic heterocycles. The molecule has 0 unspecified atom stereocenters. The van der Waals surface area contributed by atoms with Crippen LogP contribution in [0.4, 0.5) is 15.8 Å². The smallest absolute Gasteiger partial charge is 0.151 e. The van der Waals surface area contributed by atoms with Gasteiger partial charge in [0, 0.05) is 44.1 Å². The van der Waals surface area contributed by atoms with Gasteiger partial charge in [-0.1, -0.05) is 12.1 Å². The third-order valence-electron chi connectivity index (χ3n) is 4.77. The van der Waals surface area contributed by atoms with Crippen LogP contribution in [0.1, 0.15) is 11.3 Å². The molecular formula is C19H21FN4O. The third-order valence-corrected chi connectivity index (χ3v) is 4.77. The molecule has 130 valence electrons. The third kappa shape index (κ3) is 2.93. The minimum atomic E-state index is -0.311. The molecule has 1 N–H and O–H groups in total. The molecular weight excluding hydrogens is 319 g/mol. The number of nitrogens with zero attached hydrogens (tertiary/aromatic N) is 4. The Morgan fingerprint density at radius 1 is 1.04 bits per heavy atom. The number of hydrogen-bond donors (Lipinski definition) is 1. The molecule has 1 aromatic carbocycles. The Kier molecular flexibility index (Phi) is 4.05. The summed E-state index contributed by atoms with van der Waals surface area (Å²) >= 11 is 0. The number of aliphatic hydroxyl groups is 1. The lowest BCUT2D eigenvalue weighted by Crippen LogP contribution is -2.47. The van der Waals surface area contributed by atoms with Crippen LogP contribution in [0.2, 0.25) is 0 Å². The van der Waals surface area contributed by atoms with E-state index >= 15 is 0 Å².